The van der Waals surface area contributed by atoms with Crippen LogP contribution in [0.1, 0.15) is 21.7 Å². The van der Waals surface area contributed by atoms with Gasteiger partial charge >= 0.3 is 0 Å². The van der Waals surface area contributed by atoms with E-state index in [2.05, 4.69) is 0 Å². The van der Waals surface area contributed by atoms with Crippen molar-refractivity contribution < 1.29 is 13.9 Å². The summed E-state index contributed by atoms with van der Waals surface area (Å²) in [6, 6.07) is 9.35. The van der Waals surface area contributed by atoms with Gasteiger partial charge in [-0.2, -0.15) is 0 Å². The van der Waals surface area contributed by atoms with E-state index in [1.165, 1.54) is 0 Å². The highest BCUT2D eigenvalue weighted by molar-refractivity contribution is 6.00. The van der Waals surface area contributed by atoms with E-state index in [1.54, 1.807) is 13.4 Å². The molecule has 2 aromatic rings. The van der Waals surface area contributed by atoms with Crippen LogP contribution in [0.15, 0.2) is 41.0 Å². The maximum absolute atomic E-state index is 12.3. The summed E-state index contributed by atoms with van der Waals surface area (Å²) in [6.45, 7) is 2.90. The summed E-state index contributed by atoms with van der Waals surface area (Å²) < 4.78 is 10.6. The van der Waals surface area contributed by atoms with E-state index >= 15 is 0 Å². The van der Waals surface area contributed by atoms with Crippen LogP contribution in [0.2, 0.25) is 0 Å². The van der Waals surface area contributed by atoms with E-state index in [4.69, 9.17) is 9.15 Å². The largest absolute Gasteiger partial charge is 0.496 e. The summed E-state index contributed by atoms with van der Waals surface area (Å²) in [7, 11) is 3.47. The van der Waals surface area contributed by atoms with Crippen LogP contribution in [0.4, 0.5) is 0 Å². The molecule has 0 atom stereocenters. The highest BCUT2D eigenvalue weighted by atomic mass is 16.5. The van der Waals surface area contributed by atoms with Gasteiger partial charge in [0.05, 0.1) is 32.0 Å². The molecule has 0 saturated heterocycles. The number of furan rings is 1. The lowest BCUT2D eigenvalue weighted by Gasteiger charge is -2.15. The minimum Gasteiger partial charge on any atom is -0.496 e. The molecule has 0 fully saturated rings. The third-order valence-electron chi connectivity index (χ3n) is 3.08. The second-order valence-electron chi connectivity index (χ2n) is 4.88. The van der Waals surface area contributed by atoms with E-state index in [9.17, 15) is 4.79 Å². The van der Waals surface area contributed by atoms with E-state index in [-0.39, 0.29) is 5.78 Å². The van der Waals surface area contributed by atoms with Gasteiger partial charge in [0.15, 0.2) is 5.78 Å². The summed E-state index contributed by atoms with van der Waals surface area (Å²) in [5.74, 6) is 1.51. The summed E-state index contributed by atoms with van der Waals surface area (Å²) >= 11 is 0. The molecule has 2 rings (SSSR count). The lowest BCUT2D eigenvalue weighted by molar-refractivity contribution is 0.0936. The molecular weight excluding hydrogens is 254 g/mol. The summed E-state index contributed by atoms with van der Waals surface area (Å²) in [6.07, 6.45) is 1.63. The molecule has 1 aromatic heterocycles. The Morgan fingerprint density at radius 1 is 1.35 bits per heavy atom. The molecule has 0 N–H and O–H groups in total. The van der Waals surface area contributed by atoms with Crippen LogP contribution in [-0.2, 0) is 6.54 Å². The maximum atomic E-state index is 12.3. The molecule has 106 valence electrons. The van der Waals surface area contributed by atoms with Gasteiger partial charge in [0.1, 0.15) is 11.5 Å². The van der Waals surface area contributed by atoms with Gasteiger partial charge in [-0.05, 0) is 43.8 Å². The number of likely N-dealkylation sites (N-methyl/N-ethyl adjacent to an activating group) is 1. The zero-order chi connectivity index (χ0) is 14.5. The number of carbonyl (C=O) groups is 1. The molecular formula is C16H19NO3. The summed E-state index contributed by atoms with van der Waals surface area (Å²) in [5.41, 5.74) is 1.69. The molecule has 0 bridgehead atoms. The number of rotatable bonds is 6. The minimum atomic E-state index is 0.0379. The quantitative estimate of drug-likeness (QED) is 0.759. The SMILES string of the molecule is COc1cc(C)ccc1C(=O)CN(C)Cc1ccco1. The number of hydrogen-bond donors (Lipinski definition) is 0. The maximum Gasteiger partial charge on any atom is 0.180 e. The molecule has 0 aliphatic heterocycles. The molecule has 20 heavy (non-hydrogen) atoms. The Balaban J connectivity index is 2.04. The highest BCUT2D eigenvalue weighted by Gasteiger charge is 2.15. The number of ether oxygens (including phenoxy) is 1. The van der Waals surface area contributed by atoms with Gasteiger partial charge in [-0.25, -0.2) is 0 Å². The fourth-order valence-corrected chi connectivity index (χ4v) is 2.08. The third-order valence-corrected chi connectivity index (χ3v) is 3.08. The molecule has 4 heteroatoms. The number of hydrogen-bond acceptors (Lipinski definition) is 4. The van der Waals surface area contributed by atoms with Crippen molar-refractivity contribution in [1.29, 1.82) is 0 Å². The van der Waals surface area contributed by atoms with Gasteiger partial charge in [-0.3, -0.25) is 9.69 Å². The fraction of sp³-hybridized carbons (Fsp3) is 0.312. The van der Waals surface area contributed by atoms with Crippen molar-refractivity contribution >= 4 is 5.78 Å². The Labute approximate surface area is 119 Å². The van der Waals surface area contributed by atoms with Crippen molar-refractivity contribution in [2.45, 2.75) is 13.5 Å². The Morgan fingerprint density at radius 2 is 2.15 bits per heavy atom. The first kappa shape index (κ1) is 14.3. The predicted octanol–water partition coefficient (Wildman–Crippen LogP) is 2.91. The van der Waals surface area contributed by atoms with Crippen molar-refractivity contribution in [3.63, 3.8) is 0 Å². The number of Topliss-reactive ketones (excluding diaryl/α,β-unsaturated/α-hetero) is 1. The number of carbonyl (C=O) groups excluding carboxylic acids is 1. The summed E-state index contributed by atoms with van der Waals surface area (Å²) in [5, 5.41) is 0. The first-order chi connectivity index (χ1) is 9.60. The Bertz CT molecular complexity index is 575. The van der Waals surface area contributed by atoms with Crippen LogP contribution < -0.4 is 4.74 Å². The molecule has 0 radical (unpaired) electrons. The van der Waals surface area contributed by atoms with Crippen LogP contribution in [0.3, 0.4) is 0 Å². The normalized spacial score (nSPS) is 10.8. The van der Waals surface area contributed by atoms with Crippen molar-refractivity contribution in [2.24, 2.45) is 0 Å². The number of benzene rings is 1. The average molecular weight is 273 g/mol. The molecule has 1 heterocycles. The number of aryl methyl sites for hydroxylation is 1. The highest BCUT2D eigenvalue weighted by Crippen LogP contribution is 2.20. The molecule has 0 spiro atoms. The Kier molecular flexibility index (Phi) is 4.58. The summed E-state index contributed by atoms with van der Waals surface area (Å²) in [4.78, 5) is 14.2. The Hall–Kier alpha value is -2.07. The van der Waals surface area contributed by atoms with Crippen molar-refractivity contribution in [1.82, 2.24) is 4.90 Å². The zero-order valence-electron chi connectivity index (χ0n) is 12.1. The molecule has 0 aliphatic carbocycles. The van der Waals surface area contributed by atoms with Crippen LogP contribution in [0, 0.1) is 6.92 Å². The van der Waals surface area contributed by atoms with E-state index in [1.807, 2.05) is 49.2 Å². The first-order valence-electron chi connectivity index (χ1n) is 6.49. The number of nitrogens with zero attached hydrogens (tertiary/aromatic N) is 1. The van der Waals surface area contributed by atoms with Crippen LogP contribution in [0.25, 0.3) is 0 Å². The van der Waals surface area contributed by atoms with Gasteiger partial charge in [0.25, 0.3) is 0 Å². The Morgan fingerprint density at radius 3 is 2.80 bits per heavy atom. The molecule has 0 saturated carbocycles. The molecule has 1 aromatic carbocycles. The molecule has 0 amide bonds. The standard InChI is InChI=1S/C16H19NO3/c1-12-6-7-14(16(9-12)19-3)15(18)11-17(2)10-13-5-4-8-20-13/h4-9H,10-11H2,1-3H3. The lowest BCUT2D eigenvalue weighted by Crippen LogP contribution is -2.25. The van der Waals surface area contributed by atoms with Crippen LogP contribution in [0.5, 0.6) is 5.75 Å². The van der Waals surface area contributed by atoms with Crippen LogP contribution in [-0.4, -0.2) is 31.4 Å². The van der Waals surface area contributed by atoms with Crippen molar-refractivity contribution in [3.05, 3.63) is 53.5 Å². The predicted molar refractivity (Wildman–Crippen MR) is 77.1 cm³/mol. The fourth-order valence-electron chi connectivity index (χ4n) is 2.08. The monoisotopic (exact) mass is 273 g/mol. The van der Waals surface area contributed by atoms with Gasteiger partial charge in [-0.1, -0.05) is 6.07 Å². The van der Waals surface area contributed by atoms with Gasteiger partial charge in [-0.15, -0.1) is 0 Å². The average Bonchev–Trinajstić information content (AvgIpc) is 2.90. The number of methoxy groups -OCH3 is 1. The first-order valence-corrected chi connectivity index (χ1v) is 6.49. The number of ketones is 1. The second-order valence-corrected chi connectivity index (χ2v) is 4.88. The molecule has 0 aliphatic rings. The van der Waals surface area contributed by atoms with E-state index in [0.717, 1.165) is 11.3 Å². The van der Waals surface area contributed by atoms with Crippen molar-refractivity contribution in [3.8, 4) is 5.75 Å². The van der Waals surface area contributed by atoms with Crippen LogP contribution >= 0.6 is 0 Å². The topological polar surface area (TPSA) is 42.7 Å². The molecule has 0 unspecified atom stereocenters. The lowest BCUT2D eigenvalue weighted by atomic mass is 10.1. The van der Waals surface area contributed by atoms with Gasteiger partial charge in [0.2, 0.25) is 0 Å². The van der Waals surface area contributed by atoms with E-state index in [0.29, 0.717) is 24.4 Å². The van der Waals surface area contributed by atoms with Crippen molar-refractivity contribution in [2.75, 3.05) is 20.7 Å². The minimum absolute atomic E-state index is 0.0379. The van der Waals surface area contributed by atoms with Gasteiger partial charge in [0, 0.05) is 0 Å². The van der Waals surface area contributed by atoms with E-state index < -0.39 is 0 Å². The molecule has 4 nitrogen and oxygen atoms in total. The zero-order valence-corrected chi connectivity index (χ0v) is 12.1. The third kappa shape index (κ3) is 3.48. The second kappa shape index (κ2) is 6.39. The van der Waals surface area contributed by atoms with Gasteiger partial charge < -0.3 is 9.15 Å². The smallest absolute Gasteiger partial charge is 0.180 e.